The summed E-state index contributed by atoms with van der Waals surface area (Å²) in [4.78, 5) is 9.98. The highest BCUT2D eigenvalue weighted by molar-refractivity contribution is 5.74. The average Bonchev–Trinajstić information content (AvgIpc) is 2.08. The molecule has 0 amide bonds. The molecule has 0 saturated heterocycles. The van der Waals surface area contributed by atoms with Crippen LogP contribution in [0.1, 0.15) is 24.2 Å². The van der Waals surface area contributed by atoms with Gasteiger partial charge in [-0.3, -0.25) is 4.79 Å². The lowest BCUT2D eigenvalue weighted by molar-refractivity contribution is 0.112. The summed E-state index contributed by atoms with van der Waals surface area (Å²) in [7, 11) is 0. The van der Waals surface area contributed by atoms with E-state index in [1.165, 1.54) is 0 Å². The summed E-state index contributed by atoms with van der Waals surface area (Å²) in [6.07, 6.45) is 0.342. The summed E-state index contributed by atoms with van der Waals surface area (Å²) in [5.74, 6) is -1.50. The van der Waals surface area contributed by atoms with E-state index in [4.69, 9.17) is 0 Å². The molecule has 1 aromatic rings. The standard InChI is InChI=1S/C7H4F2O.C2H6/c8-6-2-1-5(4-10)7(9)3-6;1-2/h1-4H;1-2H3. The van der Waals surface area contributed by atoms with Crippen molar-refractivity contribution >= 4 is 6.29 Å². The minimum atomic E-state index is -0.824. The minimum absolute atomic E-state index is 0.124. The molecule has 1 aromatic carbocycles. The zero-order valence-electron chi connectivity index (χ0n) is 6.97. The molecule has 0 aliphatic carbocycles. The van der Waals surface area contributed by atoms with E-state index in [0.717, 1.165) is 12.1 Å². The van der Waals surface area contributed by atoms with Crippen molar-refractivity contribution in [2.45, 2.75) is 13.8 Å². The van der Waals surface area contributed by atoms with Crippen LogP contribution in [-0.2, 0) is 0 Å². The van der Waals surface area contributed by atoms with E-state index in [1.54, 1.807) is 0 Å². The Labute approximate surface area is 70.0 Å². The summed E-state index contributed by atoms with van der Waals surface area (Å²) in [5.41, 5.74) is -0.124. The Kier molecular flexibility index (Phi) is 4.84. The van der Waals surface area contributed by atoms with E-state index >= 15 is 0 Å². The lowest BCUT2D eigenvalue weighted by Gasteiger charge is -1.91. The maximum Gasteiger partial charge on any atom is 0.152 e. The number of carbonyl (C=O) groups is 1. The van der Waals surface area contributed by atoms with Gasteiger partial charge in [-0.1, -0.05) is 13.8 Å². The zero-order chi connectivity index (χ0) is 9.56. The van der Waals surface area contributed by atoms with Crippen molar-refractivity contribution < 1.29 is 13.6 Å². The van der Waals surface area contributed by atoms with Gasteiger partial charge in [0.1, 0.15) is 11.6 Å². The molecule has 12 heavy (non-hydrogen) atoms. The third kappa shape index (κ3) is 2.78. The summed E-state index contributed by atoms with van der Waals surface area (Å²) in [5, 5.41) is 0. The first kappa shape index (κ1) is 10.8. The molecule has 66 valence electrons. The Morgan fingerprint density at radius 3 is 2.25 bits per heavy atom. The number of hydrogen-bond donors (Lipinski definition) is 0. The molecule has 0 atom stereocenters. The molecule has 0 aliphatic heterocycles. The van der Waals surface area contributed by atoms with Gasteiger partial charge in [-0.2, -0.15) is 0 Å². The van der Waals surface area contributed by atoms with E-state index in [-0.39, 0.29) is 5.56 Å². The molecule has 0 fully saturated rings. The second-order valence-electron chi connectivity index (χ2n) is 1.78. The predicted octanol–water partition coefficient (Wildman–Crippen LogP) is 2.80. The number of aldehydes is 1. The number of rotatable bonds is 1. The molecule has 0 aliphatic rings. The van der Waals surface area contributed by atoms with Crippen LogP contribution in [0.15, 0.2) is 18.2 Å². The van der Waals surface area contributed by atoms with Gasteiger partial charge in [0.25, 0.3) is 0 Å². The number of halogens is 2. The molecule has 0 radical (unpaired) electrons. The van der Waals surface area contributed by atoms with Crippen LogP contribution in [0.4, 0.5) is 8.78 Å². The van der Waals surface area contributed by atoms with Crippen LogP contribution < -0.4 is 0 Å². The largest absolute Gasteiger partial charge is 0.298 e. The van der Waals surface area contributed by atoms with Crippen LogP contribution in [0.25, 0.3) is 0 Å². The van der Waals surface area contributed by atoms with Gasteiger partial charge in [0.15, 0.2) is 6.29 Å². The summed E-state index contributed by atoms with van der Waals surface area (Å²) >= 11 is 0. The molecule has 0 N–H and O–H groups in total. The lowest BCUT2D eigenvalue weighted by atomic mass is 10.2. The second kappa shape index (κ2) is 5.41. The maximum atomic E-state index is 12.4. The van der Waals surface area contributed by atoms with Crippen molar-refractivity contribution in [1.29, 1.82) is 0 Å². The van der Waals surface area contributed by atoms with Gasteiger partial charge in [0.2, 0.25) is 0 Å². The van der Waals surface area contributed by atoms with Crippen molar-refractivity contribution in [2.24, 2.45) is 0 Å². The fraction of sp³-hybridized carbons (Fsp3) is 0.222. The molecular formula is C9H10F2O. The van der Waals surface area contributed by atoms with Crippen molar-refractivity contribution in [3.8, 4) is 0 Å². The zero-order valence-corrected chi connectivity index (χ0v) is 6.97. The van der Waals surface area contributed by atoms with Crippen LogP contribution in [0.3, 0.4) is 0 Å². The highest BCUT2D eigenvalue weighted by atomic mass is 19.1. The molecule has 0 bridgehead atoms. The van der Waals surface area contributed by atoms with E-state index in [9.17, 15) is 13.6 Å². The predicted molar refractivity (Wildman–Crippen MR) is 43.1 cm³/mol. The molecule has 0 heterocycles. The Morgan fingerprint density at radius 2 is 1.83 bits per heavy atom. The highest BCUT2D eigenvalue weighted by Gasteiger charge is 2.00. The van der Waals surface area contributed by atoms with Crippen molar-refractivity contribution in [3.05, 3.63) is 35.4 Å². The minimum Gasteiger partial charge on any atom is -0.298 e. The maximum absolute atomic E-state index is 12.4. The number of hydrogen-bond acceptors (Lipinski definition) is 1. The van der Waals surface area contributed by atoms with Crippen LogP contribution in [-0.4, -0.2) is 6.29 Å². The monoisotopic (exact) mass is 172 g/mol. The number of carbonyl (C=O) groups excluding carboxylic acids is 1. The first-order valence-electron chi connectivity index (χ1n) is 3.64. The Hall–Kier alpha value is -1.25. The Balaban J connectivity index is 0.000000561. The number of benzene rings is 1. The average molecular weight is 172 g/mol. The van der Waals surface area contributed by atoms with Gasteiger partial charge >= 0.3 is 0 Å². The van der Waals surface area contributed by atoms with Crippen LogP contribution in [0, 0.1) is 11.6 Å². The van der Waals surface area contributed by atoms with E-state index in [2.05, 4.69) is 0 Å². The van der Waals surface area contributed by atoms with E-state index in [1.807, 2.05) is 13.8 Å². The van der Waals surface area contributed by atoms with E-state index in [0.29, 0.717) is 12.4 Å². The lowest BCUT2D eigenvalue weighted by Crippen LogP contribution is -1.87. The third-order valence-corrected chi connectivity index (χ3v) is 1.09. The van der Waals surface area contributed by atoms with Crippen molar-refractivity contribution in [3.63, 3.8) is 0 Å². The van der Waals surface area contributed by atoms with Gasteiger partial charge < -0.3 is 0 Å². The summed E-state index contributed by atoms with van der Waals surface area (Å²) in [6.45, 7) is 4.00. The molecule has 0 saturated carbocycles. The molecule has 0 unspecified atom stereocenters. The topological polar surface area (TPSA) is 17.1 Å². The van der Waals surface area contributed by atoms with Gasteiger partial charge in [0.05, 0.1) is 5.56 Å². The van der Waals surface area contributed by atoms with Crippen LogP contribution in [0.5, 0.6) is 0 Å². The molecule has 1 nitrogen and oxygen atoms in total. The van der Waals surface area contributed by atoms with Crippen LogP contribution >= 0.6 is 0 Å². The van der Waals surface area contributed by atoms with Gasteiger partial charge in [-0.05, 0) is 12.1 Å². The van der Waals surface area contributed by atoms with Crippen molar-refractivity contribution in [2.75, 3.05) is 0 Å². The second-order valence-corrected chi connectivity index (χ2v) is 1.78. The SMILES string of the molecule is CC.O=Cc1ccc(F)cc1F. The first-order valence-corrected chi connectivity index (χ1v) is 3.64. The van der Waals surface area contributed by atoms with Crippen molar-refractivity contribution in [1.82, 2.24) is 0 Å². The van der Waals surface area contributed by atoms with Gasteiger partial charge in [0, 0.05) is 6.07 Å². The fourth-order valence-electron chi connectivity index (χ4n) is 0.597. The first-order chi connectivity index (χ1) is 5.74. The Bertz CT molecular complexity index is 259. The van der Waals surface area contributed by atoms with Crippen LogP contribution in [0.2, 0.25) is 0 Å². The smallest absolute Gasteiger partial charge is 0.152 e. The summed E-state index contributed by atoms with van der Waals surface area (Å²) < 4.78 is 24.5. The van der Waals surface area contributed by atoms with E-state index < -0.39 is 11.6 Å². The molecule has 0 aromatic heterocycles. The Morgan fingerprint density at radius 1 is 1.25 bits per heavy atom. The highest BCUT2D eigenvalue weighted by Crippen LogP contribution is 2.06. The quantitative estimate of drug-likeness (QED) is 0.595. The summed E-state index contributed by atoms with van der Waals surface area (Å²) in [6, 6.07) is 2.80. The molecule has 3 heteroatoms. The molecule has 1 rings (SSSR count). The molecular weight excluding hydrogens is 162 g/mol. The van der Waals surface area contributed by atoms with Gasteiger partial charge in [-0.25, -0.2) is 8.78 Å². The third-order valence-electron chi connectivity index (χ3n) is 1.09. The molecule has 0 spiro atoms. The van der Waals surface area contributed by atoms with Gasteiger partial charge in [-0.15, -0.1) is 0 Å². The normalized spacial score (nSPS) is 8.33. The fourth-order valence-corrected chi connectivity index (χ4v) is 0.597.